The number of nitrogens with zero attached hydrogens (tertiary/aromatic N) is 3. The van der Waals surface area contributed by atoms with Gasteiger partial charge in [0.15, 0.2) is 5.03 Å². The molecule has 1 N–H and O–H groups in total. The van der Waals surface area contributed by atoms with Crippen LogP contribution in [0, 0.1) is 0 Å². The van der Waals surface area contributed by atoms with Crippen LogP contribution < -0.4 is 9.46 Å². The van der Waals surface area contributed by atoms with E-state index < -0.39 is 21.2 Å². The van der Waals surface area contributed by atoms with Crippen LogP contribution >= 0.6 is 11.8 Å². The van der Waals surface area contributed by atoms with Gasteiger partial charge in [0.1, 0.15) is 5.75 Å². The van der Waals surface area contributed by atoms with E-state index in [0.29, 0.717) is 6.61 Å². The van der Waals surface area contributed by atoms with E-state index in [1.54, 1.807) is 37.4 Å². The van der Waals surface area contributed by atoms with E-state index in [1.165, 1.54) is 17.1 Å². The molecule has 11 heteroatoms. The number of carbonyl (C=O) groups is 2. The lowest BCUT2D eigenvalue weighted by molar-refractivity contribution is -0.122. The minimum atomic E-state index is -3.80. The van der Waals surface area contributed by atoms with Gasteiger partial charge in [-0.3, -0.25) is 14.5 Å². The Balaban J connectivity index is 1.61. The highest BCUT2D eigenvalue weighted by atomic mass is 32.2. The number of thioether (sulfide) groups is 1. The first-order valence-corrected chi connectivity index (χ1v) is 11.1. The van der Waals surface area contributed by atoms with Crippen molar-refractivity contribution in [1.82, 2.24) is 19.2 Å². The first-order valence-electron chi connectivity index (χ1n) is 8.76. The molecule has 2 aromatic rings. The van der Waals surface area contributed by atoms with Crippen molar-refractivity contribution in [3.05, 3.63) is 47.3 Å². The molecule has 9 nitrogen and oxygen atoms in total. The Morgan fingerprint density at radius 3 is 2.59 bits per heavy atom. The highest BCUT2D eigenvalue weighted by molar-refractivity contribution is 8.18. The van der Waals surface area contributed by atoms with Gasteiger partial charge in [-0.25, -0.2) is 18.1 Å². The van der Waals surface area contributed by atoms with Crippen LogP contribution in [0.2, 0.25) is 0 Å². The normalized spacial score (nSPS) is 16.1. The minimum absolute atomic E-state index is 0.0721. The van der Waals surface area contributed by atoms with Gasteiger partial charge in [-0.2, -0.15) is 0 Å². The first kappa shape index (κ1) is 21.1. The lowest BCUT2D eigenvalue weighted by atomic mass is 10.2. The second kappa shape index (κ2) is 8.80. The van der Waals surface area contributed by atoms with Crippen molar-refractivity contribution in [2.24, 2.45) is 7.05 Å². The molecule has 1 aliphatic heterocycles. The summed E-state index contributed by atoms with van der Waals surface area (Å²) >= 11 is 0.823. The Hall–Kier alpha value is -2.63. The molecule has 1 saturated heterocycles. The summed E-state index contributed by atoms with van der Waals surface area (Å²) in [5, 5.41) is -0.561. The van der Waals surface area contributed by atoms with Gasteiger partial charge in [-0.05, 0) is 42.5 Å². The van der Waals surface area contributed by atoms with Crippen molar-refractivity contribution in [1.29, 1.82) is 0 Å². The van der Waals surface area contributed by atoms with Gasteiger partial charge in [-0.1, -0.05) is 12.1 Å². The fourth-order valence-corrected chi connectivity index (χ4v) is 4.43. The Morgan fingerprint density at radius 2 is 1.97 bits per heavy atom. The number of sulfonamides is 1. The van der Waals surface area contributed by atoms with Crippen molar-refractivity contribution >= 4 is 39.0 Å². The van der Waals surface area contributed by atoms with Crippen molar-refractivity contribution < 1.29 is 22.7 Å². The number of nitrogens with one attached hydrogen (secondary N) is 1. The van der Waals surface area contributed by atoms with Crippen LogP contribution in [0.4, 0.5) is 4.79 Å². The molecular weight excluding hydrogens is 416 g/mol. The maximum absolute atomic E-state index is 12.5. The molecule has 0 spiro atoms. The molecule has 29 heavy (non-hydrogen) atoms. The lowest BCUT2D eigenvalue weighted by Gasteiger charge is -2.12. The number of hydrogen-bond acceptors (Lipinski definition) is 7. The first-order chi connectivity index (χ1) is 13.8. The van der Waals surface area contributed by atoms with Gasteiger partial charge in [0.25, 0.3) is 21.2 Å². The van der Waals surface area contributed by atoms with Gasteiger partial charge in [-0.15, -0.1) is 0 Å². The predicted molar refractivity (Wildman–Crippen MR) is 109 cm³/mol. The number of imidazole rings is 1. The van der Waals surface area contributed by atoms with Crippen LogP contribution in [-0.2, 0) is 21.9 Å². The number of aryl methyl sites for hydroxylation is 1. The second-order valence-corrected chi connectivity index (χ2v) is 8.82. The average Bonchev–Trinajstić information content (AvgIpc) is 3.23. The molecule has 2 heterocycles. The number of hydrogen-bond donors (Lipinski definition) is 1. The quantitative estimate of drug-likeness (QED) is 0.629. The zero-order valence-electron chi connectivity index (χ0n) is 15.9. The molecule has 0 atom stereocenters. The van der Waals surface area contributed by atoms with Gasteiger partial charge in [0, 0.05) is 26.3 Å². The summed E-state index contributed by atoms with van der Waals surface area (Å²) in [6.45, 7) is 2.27. The van der Waals surface area contributed by atoms with Gasteiger partial charge in [0.05, 0.1) is 17.8 Å². The second-order valence-electron chi connectivity index (χ2n) is 6.11. The molecule has 1 aliphatic rings. The number of rotatable bonds is 8. The number of imide groups is 1. The zero-order valence-corrected chi connectivity index (χ0v) is 17.5. The third-order valence-corrected chi connectivity index (χ3v) is 6.20. The SMILES string of the molecule is CCOc1ccc(/C=C2\SC(=O)N(CCNS(=O)(=O)c3cn(C)cn3)C2=O)cc1. The molecule has 0 aliphatic carbocycles. The van der Waals surface area contributed by atoms with Crippen molar-refractivity contribution in [2.45, 2.75) is 11.9 Å². The number of ether oxygens (including phenoxy) is 1. The van der Waals surface area contributed by atoms with E-state index in [9.17, 15) is 18.0 Å². The molecule has 1 fully saturated rings. The maximum atomic E-state index is 12.5. The van der Waals surface area contributed by atoms with E-state index in [4.69, 9.17) is 4.74 Å². The van der Waals surface area contributed by atoms with Gasteiger partial charge in [0.2, 0.25) is 0 Å². The van der Waals surface area contributed by atoms with Crippen LogP contribution in [0.1, 0.15) is 12.5 Å². The standard InChI is InChI=1S/C18H20N4O5S2/c1-3-27-14-6-4-13(5-7-14)10-15-17(23)22(18(24)28-15)9-8-20-29(25,26)16-11-21(2)12-19-16/h4-7,10-12,20H,3,8-9H2,1-2H3/b15-10-. The van der Waals surface area contributed by atoms with Crippen LogP contribution in [0.15, 0.2) is 46.7 Å². The summed E-state index contributed by atoms with van der Waals surface area (Å²) in [6.07, 6.45) is 4.36. The highest BCUT2D eigenvalue weighted by Gasteiger charge is 2.34. The molecule has 3 rings (SSSR count). The lowest BCUT2D eigenvalue weighted by Crippen LogP contribution is -2.37. The van der Waals surface area contributed by atoms with Crippen LogP contribution in [0.5, 0.6) is 5.75 Å². The highest BCUT2D eigenvalue weighted by Crippen LogP contribution is 2.32. The molecule has 0 saturated carbocycles. The number of benzene rings is 1. The largest absolute Gasteiger partial charge is 0.494 e. The average molecular weight is 437 g/mol. The van der Waals surface area contributed by atoms with E-state index in [1.807, 2.05) is 6.92 Å². The summed E-state index contributed by atoms with van der Waals surface area (Å²) in [5.41, 5.74) is 0.759. The van der Waals surface area contributed by atoms with E-state index in [-0.39, 0.29) is 23.0 Å². The molecule has 1 aromatic carbocycles. The Kier molecular flexibility index (Phi) is 6.40. The fraction of sp³-hybridized carbons (Fsp3) is 0.278. The Morgan fingerprint density at radius 1 is 1.24 bits per heavy atom. The summed E-state index contributed by atoms with van der Waals surface area (Å²) in [4.78, 5) is 29.8. The number of carbonyl (C=O) groups excluding carboxylic acids is 2. The van der Waals surface area contributed by atoms with Crippen LogP contribution in [0.3, 0.4) is 0 Å². The fourth-order valence-electron chi connectivity index (χ4n) is 2.56. The molecule has 1 aromatic heterocycles. The molecule has 0 radical (unpaired) electrons. The third-order valence-electron chi connectivity index (χ3n) is 3.95. The van der Waals surface area contributed by atoms with Crippen molar-refractivity contribution in [3.8, 4) is 5.75 Å². The molecule has 0 unspecified atom stereocenters. The Bertz CT molecular complexity index is 1040. The topological polar surface area (TPSA) is 111 Å². The monoisotopic (exact) mass is 436 g/mol. The van der Waals surface area contributed by atoms with E-state index >= 15 is 0 Å². The van der Waals surface area contributed by atoms with Crippen LogP contribution in [-0.4, -0.2) is 53.7 Å². The third kappa shape index (κ3) is 5.05. The van der Waals surface area contributed by atoms with Gasteiger partial charge < -0.3 is 9.30 Å². The number of amides is 2. The van der Waals surface area contributed by atoms with E-state index in [0.717, 1.165) is 28.0 Å². The molecule has 0 bridgehead atoms. The van der Waals surface area contributed by atoms with E-state index in [2.05, 4.69) is 9.71 Å². The summed E-state index contributed by atoms with van der Waals surface area (Å²) in [7, 11) is -2.15. The van der Waals surface area contributed by atoms with Crippen LogP contribution in [0.25, 0.3) is 6.08 Å². The Labute approximate surface area is 172 Å². The summed E-state index contributed by atoms with van der Waals surface area (Å²) in [6, 6.07) is 7.15. The predicted octanol–water partition coefficient (Wildman–Crippen LogP) is 1.83. The van der Waals surface area contributed by atoms with Gasteiger partial charge >= 0.3 is 0 Å². The molecular formula is C18H20N4O5S2. The zero-order chi connectivity index (χ0) is 21.0. The molecule has 154 valence electrons. The maximum Gasteiger partial charge on any atom is 0.293 e. The summed E-state index contributed by atoms with van der Waals surface area (Å²) in [5.74, 6) is 0.267. The summed E-state index contributed by atoms with van der Waals surface area (Å²) < 4.78 is 33.6. The van der Waals surface area contributed by atoms with Crippen molar-refractivity contribution in [3.63, 3.8) is 0 Å². The molecule has 2 amide bonds. The van der Waals surface area contributed by atoms with Crippen molar-refractivity contribution in [2.75, 3.05) is 19.7 Å². The number of aromatic nitrogens is 2. The smallest absolute Gasteiger partial charge is 0.293 e. The minimum Gasteiger partial charge on any atom is -0.494 e.